The fourth-order valence-electron chi connectivity index (χ4n) is 9.65. The van der Waals surface area contributed by atoms with Crippen molar-refractivity contribution in [2.75, 3.05) is 46.9 Å². The Bertz CT molecular complexity index is 1150. The summed E-state index contributed by atoms with van der Waals surface area (Å²) in [4.78, 5) is 4.90. The summed E-state index contributed by atoms with van der Waals surface area (Å²) in [6.45, 7) is 22.4. The molecule has 1 aliphatic carbocycles. The van der Waals surface area contributed by atoms with E-state index >= 15 is 0 Å². The lowest BCUT2D eigenvalue weighted by Gasteiger charge is -2.27. The van der Waals surface area contributed by atoms with Gasteiger partial charge in [0.25, 0.3) is 0 Å². The van der Waals surface area contributed by atoms with Crippen molar-refractivity contribution < 1.29 is 9.47 Å². The zero-order valence-electron chi connectivity index (χ0n) is 44.4. The number of rotatable bonds is 50. The van der Waals surface area contributed by atoms with Gasteiger partial charge < -0.3 is 19.3 Å². The molecular weight excluding hydrogens is 781 g/mol. The van der Waals surface area contributed by atoms with Crippen molar-refractivity contribution in [1.29, 1.82) is 0 Å². The molecule has 0 N–H and O–H groups in total. The van der Waals surface area contributed by atoms with Gasteiger partial charge in [-0.3, -0.25) is 0 Å². The lowest BCUT2D eigenvalue weighted by molar-refractivity contribution is 0.184. The van der Waals surface area contributed by atoms with Gasteiger partial charge in [0, 0.05) is 38.9 Å². The number of allylic oxidation sites excluding steroid dienone is 3. The minimum absolute atomic E-state index is 0.828. The smallest absolute Gasteiger partial charge is 0.137 e. The molecule has 0 unspecified atom stereocenters. The summed E-state index contributed by atoms with van der Waals surface area (Å²) >= 11 is 0. The maximum absolute atomic E-state index is 6.52. The van der Waals surface area contributed by atoms with E-state index < -0.39 is 0 Å². The van der Waals surface area contributed by atoms with Gasteiger partial charge in [0.2, 0.25) is 0 Å². The minimum atomic E-state index is 0.828. The average Bonchev–Trinajstić information content (AvgIpc) is 4.15. The lowest BCUT2D eigenvalue weighted by Crippen LogP contribution is -2.27. The summed E-state index contributed by atoms with van der Waals surface area (Å²) in [7, 11) is 4.34. The van der Waals surface area contributed by atoms with Gasteiger partial charge in [-0.2, -0.15) is 0 Å². The Hall–Kier alpha value is -1.86. The summed E-state index contributed by atoms with van der Waals surface area (Å²) in [5, 5.41) is 0. The first-order valence-corrected chi connectivity index (χ1v) is 28.6. The molecule has 0 aromatic rings. The average molecular weight is 894 g/mol. The standard InChI is InChI=1S/C60H112N2O2/c1-9-15-19-29-39-55(40-30-20-16-10-2)43-37-53-63-59(14-6)45-33-25-23-27-35-50-62(58(13-5)49-52-61(7)8)51-36-28-24-26-34-46-60(57-47-48-57)64-54-38-44-56(41-31-21-17-11-3)42-32-22-18-12-4/h55-56H,5-6,9-12,15-54H2,1-4,7-8H3. The molecule has 1 saturated carbocycles. The summed E-state index contributed by atoms with van der Waals surface area (Å²) in [6.07, 6.45) is 51.4. The third kappa shape index (κ3) is 36.3. The second kappa shape index (κ2) is 44.9. The third-order valence-corrected chi connectivity index (χ3v) is 14.1. The van der Waals surface area contributed by atoms with Gasteiger partial charge in [-0.25, -0.2) is 0 Å². The van der Waals surface area contributed by atoms with Crippen molar-refractivity contribution in [2.24, 2.45) is 11.8 Å². The number of hydrogen-bond donors (Lipinski definition) is 0. The molecule has 0 radical (unpaired) electrons. The molecule has 4 nitrogen and oxygen atoms in total. The first kappa shape index (κ1) is 60.2. The van der Waals surface area contributed by atoms with Gasteiger partial charge in [-0.05, 0) is 95.7 Å². The van der Waals surface area contributed by atoms with Crippen LogP contribution in [-0.2, 0) is 9.47 Å². The van der Waals surface area contributed by atoms with Crippen molar-refractivity contribution in [3.8, 4) is 0 Å². The van der Waals surface area contributed by atoms with Crippen LogP contribution in [0, 0.1) is 11.8 Å². The Balaban J connectivity index is 2.37. The number of unbranched alkanes of at least 4 members (excludes halogenated alkanes) is 20. The molecule has 0 saturated heterocycles. The van der Waals surface area contributed by atoms with Crippen molar-refractivity contribution in [2.45, 2.75) is 278 Å². The fourth-order valence-corrected chi connectivity index (χ4v) is 9.65. The molecule has 0 aromatic heterocycles. The molecule has 0 amide bonds. The number of nitrogens with zero attached hydrogens (tertiary/aromatic N) is 2. The van der Waals surface area contributed by atoms with Crippen LogP contribution >= 0.6 is 0 Å². The van der Waals surface area contributed by atoms with E-state index in [1.165, 1.54) is 236 Å². The molecule has 1 fully saturated rings. The Morgan fingerprint density at radius 2 is 0.859 bits per heavy atom. The van der Waals surface area contributed by atoms with Crippen LogP contribution in [-0.4, -0.2) is 56.7 Å². The highest BCUT2D eigenvalue weighted by atomic mass is 16.5. The highest BCUT2D eigenvalue weighted by molar-refractivity contribution is 5.21. The second-order valence-electron chi connectivity index (χ2n) is 20.4. The summed E-state index contributed by atoms with van der Waals surface area (Å²) in [6, 6.07) is 0. The Labute approximate surface area is 402 Å². The van der Waals surface area contributed by atoms with E-state index in [9.17, 15) is 0 Å². The van der Waals surface area contributed by atoms with E-state index in [1.807, 2.05) is 0 Å². The molecule has 0 aliphatic heterocycles. The molecular formula is C60H112N2O2. The maximum atomic E-state index is 6.52. The zero-order valence-corrected chi connectivity index (χ0v) is 44.4. The Morgan fingerprint density at radius 1 is 0.453 bits per heavy atom. The quantitative estimate of drug-likeness (QED) is 0.0345. The molecule has 64 heavy (non-hydrogen) atoms. The molecule has 374 valence electrons. The van der Waals surface area contributed by atoms with Crippen LogP contribution in [0.4, 0.5) is 0 Å². The molecule has 1 rings (SSSR count). The van der Waals surface area contributed by atoms with Gasteiger partial charge in [0.15, 0.2) is 0 Å². The SMILES string of the molecule is C=C=C(CCCCCCCN(CCCCCCCC(OCCCC(CCCCCC)CCCCCC)=C1CC1)C(=C=C)CCN(C)C)OCCCC(CCCCCC)CCCCCC. The van der Waals surface area contributed by atoms with Crippen LogP contribution in [0.25, 0.3) is 0 Å². The molecule has 0 atom stereocenters. The third-order valence-electron chi connectivity index (χ3n) is 14.1. The van der Waals surface area contributed by atoms with Gasteiger partial charge in [-0.15, -0.1) is 5.73 Å². The van der Waals surface area contributed by atoms with Gasteiger partial charge >= 0.3 is 0 Å². The summed E-state index contributed by atoms with van der Waals surface area (Å²) < 4.78 is 12.7. The van der Waals surface area contributed by atoms with Crippen LogP contribution in [0.15, 0.2) is 47.4 Å². The molecule has 1 aliphatic rings. The first-order valence-electron chi connectivity index (χ1n) is 28.6. The van der Waals surface area contributed by atoms with E-state index in [2.05, 4.69) is 76.2 Å². The first-order chi connectivity index (χ1) is 31.4. The van der Waals surface area contributed by atoms with E-state index in [0.29, 0.717) is 0 Å². The van der Waals surface area contributed by atoms with E-state index in [0.717, 1.165) is 76.1 Å². The highest BCUT2D eigenvalue weighted by Crippen LogP contribution is 2.35. The lowest BCUT2D eigenvalue weighted by atomic mass is 9.90. The van der Waals surface area contributed by atoms with Crippen molar-refractivity contribution in [1.82, 2.24) is 9.80 Å². The molecule has 0 bridgehead atoms. The Kier molecular flexibility index (Phi) is 42.2. The predicted molar refractivity (Wildman–Crippen MR) is 284 cm³/mol. The molecule has 0 heterocycles. The van der Waals surface area contributed by atoms with Gasteiger partial charge in [0.1, 0.15) is 5.76 Å². The Morgan fingerprint density at radius 3 is 1.28 bits per heavy atom. The van der Waals surface area contributed by atoms with Crippen molar-refractivity contribution in [3.63, 3.8) is 0 Å². The van der Waals surface area contributed by atoms with Crippen LogP contribution in [0.3, 0.4) is 0 Å². The second-order valence-corrected chi connectivity index (χ2v) is 20.4. The largest absolute Gasteiger partial charge is 0.498 e. The molecule has 0 aromatic carbocycles. The maximum Gasteiger partial charge on any atom is 0.137 e. The number of ether oxygens (including phenoxy) is 2. The summed E-state index contributed by atoms with van der Waals surface area (Å²) in [5.41, 5.74) is 9.40. The van der Waals surface area contributed by atoms with Crippen molar-refractivity contribution >= 4 is 0 Å². The van der Waals surface area contributed by atoms with Gasteiger partial charge in [0.05, 0.1) is 24.7 Å². The highest BCUT2D eigenvalue weighted by Gasteiger charge is 2.19. The molecule has 4 heteroatoms. The topological polar surface area (TPSA) is 24.9 Å². The zero-order chi connectivity index (χ0) is 46.6. The van der Waals surface area contributed by atoms with E-state index in [-0.39, 0.29) is 0 Å². The predicted octanol–water partition coefficient (Wildman–Crippen LogP) is 19.0. The van der Waals surface area contributed by atoms with Crippen molar-refractivity contribution in [3.05, 3.63) is 47.4 Å². The van der Waals surface area contributed by atoms with Crippen LogP contribution < -0.4 is 0 Å². The minimum Gasteiger partial charge on any atom is -0.498 e. The summed E-state index contributed by atoms with van der Waals surface area (Å²) in [5.74, 6) is 4.15. The fraction of sp³-hybridized carbons (Fsp3) is 0.867. The van der Waals surface area contributed by atoms with Gasteiger partial charge in [-0.1, -0.05) is 214 Å². The van der Waals surface area contributed by atoms with E-state index in [1.54, 1.807) is 5.57 Å². The molecule has 0 spiro atoms. The van der Waals surface area contributed by atoms with Crippen LogP contribution in [0.2, 0.25) is 0 Å². The van der Waals surface area contributed by atoms with Crippen LogP contribution in [0.1, 0.15) is 278 Å². The van der Waals surface area contributed by atoms with E-state index in [4.69, 9.17) is 9.47 Å². The van der Waals surface area contributed by atoms with Crippen LogP contribution in [0.5, 0.6) is 0 Å². The monoisotopic (exact) mass is 893 g/mol. The number of hydrogen-bond acceptors (Lipinski definition) is 4. The normalized spacial score (nSPS) is 12.3.